The van der Waals surface area contributed by atoms with Crippen LogP contribution in [0.5, 0.6) is 5.75 Å². The first-order chi connectivity index (χ1) is 16.7. The zero-order valence-electron chi connectivity index (χ0n) is 18.2. The van der Waals surface area contributed by atoms with E-state index in [0.29, 0.717) is 11.3 Å². The Morgan fingerprint density at radius 1 is 1.23 bits per heavy atom. The number of ether oxygens (including phenoxy) is 3. The molecule has 0 unspecified atom stereocenters. The number of alkyl halides is 3. The smallest absolute Gasteiger partial charge is 0.452 e. The van der Waals surface area contributed by atoms with Crippen molar-refractivity contribution in [1.29, 1.82) is 0 Å². The summed E-state index contributed by atoms with van der Waals surface area (Å²) >= 11 is 12.8. The Kier molecular flexibility index (Phi) is 7.07. The minimum absolute atomic E-state index is 0.0764. The quantitative estimate of drug-likeness (QED) is 0.294. The second-order valence-corrected chi connectivity index (χ2v) is 8.28. The lowest BCUT2D eigenvalue weighted by atomic mass is 9.99. The van der Waals surface area contributed by atoms with E-state index < -0.39 is 36.6 Å². The molecule has 0 radical (unpaired) electrons. The Labute approximate surface area is 208 Å². The predicted octanol–water partition coefficient (Wildman–Crippen LogP) is 5.88. The molecular formula is C23H18Cl2F3N3O4. The summed E-state index contributed by atoms with van der Waals surface area (Å²) < 4.78 is 59.2. The molecule has 0 N–H and O–H groups in total. The topological polar surface area (TPSA) is 75.5 Å². The summed E-state index contributed by atoms with van der Waals surface area (Å²) in [5.74, 6) is -1.89. The molecule has 0 saturated carbocycles. The molecule has 0 saturated heterocycles. The van der Waals surface area contributed by atoms with Crippen LogP contribution in [0.15, 0.2) is 49.1 Å². The van der Waals surface area contributed by atoms with Crippen molar-refractivity contribution in [3.05, 3.63) is 81.9 Å². The Balaban J connectivity index is 1.96. The first-order valence-electron chi connectivity index (χ1n) is 10.2. The number of carbonyl (C=O) groups is 1. The summed E-state index contributed by atoms with van der Waals surface area (Å²) in [6, 6.07) is 9.25. The maximum absolute atomic E-state index is 13.9. The summed E-state index contributed by atoms with van der Waals surface area (Å²) in [7, 11) is 1.43. The molecule has 0 bridgehead atoms. The number of hydrogen-bond donors (Lipinski definition) is 0. The van der Waals surface area contributed by atoms with Crippen LogP contribution >= 0.6 is 23.2 Å². The third kappa shape index (κ3) is 4.86. The lowest BCUT2D eigenvalue weighted by molar-refractivity contribution is -0.146. The fraction of sp³-hybridized carbons (Fsp3) is 0.261. The minimum Gasteiger partial charge on any atom is -0.495 e. The van der Waals surface area contributed by atoms with Gasteiger partial charge >= 0.3 is 12.1 Å². The number of carbonyl (C=O) groups excluding carboxylic acids is 1. The van der Waals surface area contributed by atoms with Crippen LogP contribution in [0.1, 0.15) is 41.4 Å². The number of methoxy groups -OCH3 is 1. The molecule has 3 aromatic rings. The first kappa shape index (κ1) is 25.0. The van der Waals surface area contributed by atoms with Gasteiger partial charge in [0.2, 0.25) is 5.82 Å². The van der Waals surface area contributed by atoms with Gasteiger partial charge in [-0.1, -0.05) is 48.0 Å². The maximum atomic E-state index is 13.9. The third-order valence-electron chi connectivity index (χ3n) is 5.25. The highest BCUT2D eigenvalue weighted by molar-refractivity contribution is 6.33. The molecule has 0 aliphatic carbocycles. The van der Waals surface area contributed by atoms with Crippen LogP contribution in [0.4, 0.5) is 13.2 Å². The van der Waals surface area contributed by atoms with Crippen molar-refractivity contribution in [1.82, 2.24) is 14.8 Å². The minimum atomic E-state index is -4.84. The zero-order chi connectivity index (χ0) is 25.3. The lowest BCUT2D eigenvalue weighted by Gasteiger charge is -2.24. The predicted molar refractivity (Wildman–Crippen MR) is 121 cm³/mol. The van der Waals surface area contributed by atoms with Crippen LogP contribution in [0.2, 0.25) is 10.0 Å². The van der Waals surface area contributed by atoms with Gasteiger partial charge in [0.05, 0.1) is 24.2 Å². The highest BCUT2D eigenvalue weighted by Crippen LogP contribution is 2.46. The van der Waals surface area contributed by atoms with E-state index in [2.05, 4.69) is 16.8 Å². The van der Waals surface area contributed by atoms with Crippen LogP contribution in [-0.4, -0.2) is 34.5 Å². The molecule has 184 valence electrons. The first-order valence-corrected chi connectivity index (χ1v) is 11.0. The normalized spacial score (nSPS) is 17.2. The van der Waals surface area contributed by atoms with Crippen LogP contribution in [0, 0.1) is 0 Å². The van der Waals surface area contributed by atoms with Crippen LogP contribution in [0.25, 0.3) is 5.69 Å². The van der Waals surface area contributed by atoms with E-state index >= 15 is 0 Å². The zero-order valence-corrected chi connectivity index (χ0v) is 19.7. The molecule has 2 aromatic carbocycles. The van der Waals surface area contributed by atoms with Gasteiger partial charge in [0, 0.05) is 16.1 Å². The average Bonchev–Trinajstić information content (AvgIpc) is 3.22. The highest BCUT2D eigenvalue weighted by atomic mass is 35.5. The van der Waals surface area contributed by atoms with Gasteiger partial charge in [-0.15, -0.1) is 10.2 Å². The van der Waals surface area contributed by atoms with E-state index in [1.54, 1.807) is 18.2 Å². The second kappa shape index (κ2) is 9.88. The number of esters is 1. The molecule has 7 nitrogen and oxygen atoms in total. The number of hydrogen-bond acceptors (Lipinski definition) is 6. The number of halogens is 5. The van der Waals surface area contributed by atoms with Gasteiger partial charge < -0.3 is 14.2 Å². The molecule has 35 heavy (non-hydrogen) atoms. The van der Waals surface area contributed by atoms with Gasteiger partial charge in [0.15, 0.2) is 5.82 Å². The molecular weight excluding hydrogens is 510 g/mol. The van der Waals surface area contributed by atoms with E-state index in [1.807, 2.05) is 0 Å². The third-order valence-corrected chi connectivity index (χ3v) is 5.89. The molecule has 1 aromatic heterocycles. The van der Waals surface area contributed by atoms with Crippen LogP contribution in [-0.2, 0) is 20.4 Å². The summed E-state index contributed by atoms with van der Waals surface area (Å²) in [6.45, 7) is 3.40. The van der Waals surface area contributed by atoms with Crippen LogP contribution < -0.4 is 4.74 Å². The Morgan fingerprint density at radius 2 is 2.00 bits per heavy atom. The largest absolute Gasteiger partial charge is 0.495 e. The molecule has 0 fully saturated rings. The van der Waals surface area contributed by atoms with Gasteiger partial charge in [0.1, 0.15) is 24.6 Å². The van der Waals surface area contributed by atoms with E-state index in [4.69, 9.17) is 37.4 Å². The summed E-state index contributed by atoms with van der Waals surface area (Å²) in [6.07, 6.45) is -6.22. The fourth-order valence-corrected chi connectivity index (χ4v) is 4.28. The molecule has 0 spiro atoms. The Hall–Kier alpha value is -3.08. The highest BCUT2D eigenvalue weighted by Gasteiger charge is 2.43. The van der Waals surface area contributed by atoms with Crippen molar-refractivity contribution < 1.29 is 32.2 Å². The monoisotopic (exact) mass is 527 g/mol. The van der Waals surface area contributed by atoms with E-state index in [1.165, 1.54) is 31.4 Å². The number of benzene rings is 2. The second-order valence-electron chi connectivity index (χ2n) is 7.46. The summed E-state index contributed by atoms with van der Waals surface area (Å²) in [4.78, 5) is 12.4. The average molecular weight is 528 g/mol. The molecule has 12 heteroatoms. The van der Waals surface area contributed by atoms with Crippen LogP contribution in [0.3, 0.4) is 0 Å². The molecule has 2 heterocycles. The fourth-order valence-electron chi connectivity index (χ4n) is 3.79. The van der Waals surface area contributed by atoms with Crippen molar-refractivity contribution in [3.8, 4) is 11.4 Å². The van der Waals surface area contributed by atoms with Crippen molar-refractivity contribution in [2.24, 2.45) is 0 Å². The molecule has 1 aliphatic rings. The van der Waals surface area contributed by atoms with Crippen molar-refractivity contribution >= 4 is 29.2 Å². The number of fused-ring (bicyclic) bond motifs is 3. The lowest BCUT2D eigenvalue weighted by Crippen LogP contribution is -2.18. The summed E-state index contributed by atoms with van der Waals surface area (Å²) in [5.41, 5.74) is 0.736. The number of aromatic nitrogens is 3. The van der Waals surface area contributed by atoms with E-state index in [0.717, 1.165) is 4.57 Å². The Bertz CT molecular complexity index is 1280. The molecule has 4 rings (SSSR count). The van der Waals surface area contributed by atoms with Crippen molar-refractivity contribution in [3.63, 3.8) is 0 Å². The standard InChI is InChI=1S/C23H18Cl2F3N3O4/c1-3-9-34-18(32)11-17-21-29-30-22(23(26,27)28)31(21)15-8-7-12(24)10-14(15)20(35-17)13-5-4-6-16(33-2)19(13)25/h3-8,10,17,20H,1,9,11H2,2H3/t17-,20-/m1/s1. The van der Waals surface area contributed by atoms with E-state index in [9.17, 15) is 18.0 Å². The summed E-state index contributed by atoms with van der Waals surface area (Å²) in [5, 5.41) is 7.55. The van der Waals surface area contributed by atoms with Gasteiger partial charge in [-0.3, -0.25) is 9.36 Å². The number of nitrogens with zero attached hydrogens (tertiary/aromatic N) is 3. The molecule has 2 atom stereocenters. The maximum Gasteiger partial charge on any atom is 0.452 e. The van der Waals surface area contributed by atoms with Gasteiger partial charge in [-0.2, -0.15) is 13.2 Å². The molecule has 1 aliphatic heterocycles. The Morgan fingerprint density at radius 3 is 2.69 bits per heavy atom. The van der Waals surface area contributed by atoms with Gasteiger partial charge in [-0.25, -0.2) is 0 Å². The number of rotatable bonds is 6. The molecule has 0 amide bonds. The van der Waals surface area contributed by atoms with E-state index in [-0.39, 0.29) is 33.7 Å². The van der Waals surface area contributed by atoms with Crippen molar-refractivity contribution in [2.75, 3.05) is 13.7 Å². The SMILES string of the molecule is C=CCOC(=O)C[C@H]1O[C@H](c2cccc(OC)c2Cl)c2cc(Cl)ccc2-n2c1nnc2C(F)(F)F. The van der Waals surface area contributed by atoms with Gasteiger partial charge in [0.25, 0.3) is 0 Å². The van der Waals surface area contributed by atoms with Crippen molar-refractivity contribution in [2.45, 2.75) is 24.8 Å². The van der Waals surface area contributed by atoms with Gasteiger partial charge in [-0.05, 0) is 24.3 Å².